The van der Waals surface area contributed by atoms with Gasteiger partial charge in [0.25, 0.3) is 5.56 Å². The second-order valence-electron chi connectivity index (χ2n) is 7.04. The zero-order valence-corrected chi connectivity index (χ0v) is 17.0. The van der Waals surface area contributed by atoms with Gasteiger partial charge in [0.2, 0.25) is 0 Å². The minimum absolute atomic E-state index is 0.0403. The van der Waals surface area contributed by atoms with Gasteiger partial charge in [0.05, 0.1) is 20.6 Å². The smallest absolute Gasteiger partial charge is 0.263 e. The number of pyridine rings is 2. The summed E-state index contributed by atoms with van der Waals surface area (Å²) in [6.07, 6.45) is 7.33. The number of aryl methyl sites for hydroxylation is 3. The first-order valence-corrected chi connectivity index (χ1v) is 10.7. The molecule has 1 aromatic carbocycles. The van der Waals surface area contributed by atoms with Crippen molar-refractivity contribution < 1.29 is 0 Å². The predicted octanol–water partition coefficient (Wildman–Crippen LogP) is 3.82. The quantitative estimate of drug-likeness (QED) is 0.423. The molecular formula is C23H19N5OS. The molecule has 0 radical (unpaired) electrons. The summed E-state index contributed by atoms with van der Waals surface area (Å²) in [5.41, 5.74) is 2.62. The van der Waals surface area contributed by atoms with Gasteiger partial charge in [-0.15, -0.1) is 11.3 Å². The number of hydrogen-bond donors (Lipinski definition) is 0. The van der Waals surface area contributed by atoms with E-state index in [0.29, 0.717) is 24.0 Å². The zero-order chi connectivity index (χ0) is 20.3. The molecule has 6 nitrogen and oxygen atoms in total. The van der Waals surface area contributed by atoms with Crippen LogP contribution in [0.5, 0.6) is 0 Å². The Bertz CT molecular complexity index is 1340. The molecule has 0 fully saturated rings. The van der Waals surface area contributed by atoms with E-state index in [1.165, 1.54) is 4.70 Å². The van der Waals surface area contributed by atoms with E-state index >= 15 is 0 Å². The van der Waals surface area contributed by atoms with E-state index in [1.807, 2.05) is 30.3 Å². The Hall–Kier alpha value is -3.45. The molecule has 30 heavy (non-hydrogen) atoms. The molecule has 0 unspecified atom stereocenters. The van der Waals surface area contributed by atoms with E-state index in [9.17, 15) is 4.79 Å². The third kappa shape index (κ3) is 3.71. The Labute approximate surface area is 176 Å². The van der Waals surface area contributed by atoms with Gasteiger partial charge in [-0.1, -0.05) is 12.1 Å². The number of para-hydroxylation sites is 1. The monoisotopic (exact) mass is 413 g/mol. The van der Waals surface area contributed by atoms with E-state index in [-0.39, 0.29) is 5.56 Å². The molecule has 4 aromatic heterocycles. The van der Waals surface area contributed by atoms with Crippen molar-refractivity contribution in [1.82, 2.24) is 24.5 Å². The van der Waals surface area contributed by atoms with Crippen LogP contribution in [0.4, 0.5) is 0 Å². The van der Waals surface area contributed by atoms with E-state index < -0.39 is 0 Å². The number of aromatic nitrogens is 5. The average Bonchev–Trinajstić information content (AvgIpc) is 3.21. The highest BCUT2D eigenvalue weighted by atomic mass is 32.1. The van der Waals surface area contributed by atoms with Crippen LogP contribution in [0.15, 0.2) is 71.9 Å². The van der Waals surface area contributed by atoms with Gasteiger partial charge >= 0.3 is 0 Å². The maximum atomic E-state index is 13.2. The molecule has 0 aliphatic carbocycles. The summed E-state index contributed by atoms with van der Waals surface area (Å²) in [4.78, 5) is 31.0. The highest BCUT2D eigenvalue weighted by Crippen LogP contribution is 2.22. The highest BCUT2D eigenvalue weighted by molar-refractivity contribution is 7.18. The molecule has 0 saturated heterocycles. The minimum atomic E-state index is -0.0403. The first-order chi connectivity index (χ1) is 14.8. The van der Waals surface area contributed by atoms with Crippen LogP contribution >= 0.6 is 11.3 Å². The number of thiazole rings is 1. The molecule has 0 bridgehead atoms. The lowest BCUT2D eigenvalue weighted by atomic mass is 10.2. The van der Waals surface area contributed by atoms with E-state index in [0.717, 1.165) is 34.8 Å². The van der Waals surface area contributed by atoms with Gasteiger partial charge in [0.1, 0.15) is 5.82 Å². The predicted molar refractivity (Wildman–Crippen MR) is 119 cm³/mol. The summed E-state index contributed by atoms with van der Waals surface area (Å²) < 4.78 is 2.97. The van der Waals surface area contributed by atoms with E-state index in [4.69, 9.17) is 9.97 Å². The molecule has 0 aliphatic heterocycles. The zero-order valence-electron chi connectivity index (χ0n) is 16.2. The molecule has 0 atom stereocenters. The van der Waals surface area contributed by atoms with Crippen LogP contribution in [-0.2, 0) is 25.8 Å². The van der Waals surface area contributed by atoms with Gasteiger partial charge in [-0.3, -0.25) is 14.3 Å². The number of benzene rings is 1. The van der Waals surface area contributed by atoms with Crippen molar-refractivity contribution in [2.24, 2.45) is 0 Å². The molecule has 0 spiro atoms. The minimum Gasteiger partial charge on any atom is -0.296 e. The van der Waals surface area contributed by atoms with Gasteiger partial charge in [-0.25, -0.2) is 15.0 Å². The Morgan fingerprint density at radius 3 is 2.60 bits per heavy atom. The third-order valence-corrected chi connectivity index (χ3v) is 6.18. The first-order valence-electron chi connectivity index (χ1n) is 9.86. The average molecular weight is 414 g/mol. The summed E-state index contributed by atoms with van der Waals surface area (Å²) in [7, 11) is 0. The fourth-order valence-corrected chi connectivity index (χ4v) is 4.52. The molecule has 148 valence electrons. The number of fused-ring (bicyclic) bond motifs is 2. The largest absolute Gasteiger partial charge is 0.296 e. The van der Waals surface area contributed by atoms with E-state index in [1.54, 1.807) is 46.6 Å². The summed E-state index contributed by atoms with van der Waals surface area (Å²) in [6, 6.07) is 15.6. The van der Waals surface area contributed by atoms with Crippen LogP contribution < -0.4 is 5.56 Å². The molecule has 5 rings (SSSR count). The number of nitrogens with zero attached hydrogens (tertiary/aromatic N) is 5. The van der Waals surface area contributed by atoms with Gasteiger partial charge in [-0.2, -0.15) is 0 Å². The summed E-state index contributed by atoms with van der Waals surface area (Å²) in [5.74, 6) is 0.750. The second kappa shape index (κ2) is 8.12. The van der Waals surface area contributed by atoms with Crippen LogP contribution in [-0.4, -0.2) is 24.5 Å². The summed E-state index contributed by atoms with van der Waals surface area (Å²) in [6.45, 7) is 0.565. The van der Waals surface area contributed by atoms with Crippen molar-refractivity contribution in [3.8, 4) is 0 Å². The van der Waals surface area contributed by atoms with Gasteiger partial charge in [0, 0.05) is 38.0 Å². The van der Waals surface area contributed by atoms with Crippen molar-refractivity contribution >= 4 is 32.6 Å². The Morgan fingerprint density at radius 2 is 1.73 bits per heavy atom. The maximum Gasteiger partial charge on any atom is 0.263 e. The van der Waals surface area contributed by atoms with Gasteiger partial charge in [-0.05, 0) is 48.4 Å². The molecular weight excluding hydrogens is 394 g/mol. The Morgan fingerprint density at radius 1 is 0.867 bits per heavy atom. The van der Waals surface area contributed by atoms with Crippen LogP contribution in [0.3, 0.4) is 0 Å². The Balaban J connectivity index is 1.47. The van der Waals surface area contributed by atoms with Crippen molar-refractivity contribution in [1.29, 1.82) is 0 Å². The van der Waals surface area contributed by atoms with Gasteiger partial charge in [0.15, 0.2) is 5.65 Å². The molecule has 7 heteroatoms. The molecule has 0 amide bonds. The SMILES string of the molecule is O=c1c2cccnc2nc(CCc2nc3ccccc3s2)n1CCc1ccncc1. The highest BCUT2D eigenvalue weighted by Gasteiger charge is 2.13. The summed E-state index contributed by atoms with van der Waals surface area (Å²) >= 11 is 1.69. The van der Waals surface area contributed by atoms with Gasteiger partial charge < -0.3 is 0 Å². The Kier molecular flexibility index (Phi) is 5.03. The fourth-order valence-electron chi connectivity index (χ4n) is 3.56. The lowest BCUT2D eigenvalue weighted by Gasteiger charge is -2.13. The third-order valence-electron chi connectivity index (χ3n) is 5.08. The molecule has 0 aliphatic rings. The fraction of sp³-hybridized carbons (Fsp3) is 0.174. The van der Waals surface area contributed by atoms with Crippen molar-refractivity contribution in [3.63, 3.8) is 0 Å². The van der Waals surface area contributed by atoms with Crippen LogP contribution in [0, 0.1) is 0 Å². The lowest BCUT2D eigenvalue weighted by Crippen LogP contribution is -2.27. The second-order valence-corrected chi connectivity index (χ2v) is 8.16. The van der Waals surface area contributed by atoms with E-state index in [2.05, 4.69) is 16.0 Å². The standard InChI is InChI=1S/C23H19N5OS/c29-23-17-4-3-12-25-22(17)27-20(28(23)15-11-16-9-13-24-14-10-16)7-8-21-26-18-5-1-2-6-19(18)30-21/h1-6,9-10,12-14H,7-8,11,15H2. The first kappa shape index (κ1) is 18.6. The molecule has 5 aromatic rings. The summed E-state index contributed by atoms with van der Waals surface area (Å²) in [5, 5.41) is 1.60. The van der Waals surface area contributed by atoms with Crippen molar-refractivity contribution in [2.45, 2.75) is 25.8 Å². The van der Waals surface area contributed by atoms with Crippen LogP contribution in [0.2, 0.25) is 0 Å². The van der Waals surface area contributed by atoms with Crippen molar-refractivity contribution in [2.75, 3.05) is 0 Å². The number of rotatable bonds is 6. The lowest BCUT2D eigenvalue weighted by molar-refractivity contribution is 0.611. The van der Waals surface area contributed by atoms with Crippen LogP contribution in [0.1, 0.15) is 16.4 Å². The molecule has 0 N–H and O–H groups in total. The van der Waals surface area contributed by atoms with Crippen LogP contribution in [0.25, 0.3) is 21.3 Å². The molecule has 4 heterocycles. The normalized spacial score (nSPS) is 11.3. The maximum absolute atomic E-state index is 13.2. The molecule has 0 saturated carbocycles. The van der Waals surface area contributed by atoms with Crippen molar-refractivity contribution in [3.05, 3.63) is 93.9 Å². The topological polar surface area (TPSA) is 73.6 Å². The number of hydrogen-bond acceptors (Lipinski definition) is 6.